The van der Waals surface area contributed by atoms with Crippen LogP contribution in [0.5, 0.6) is 0 Å². The van der Waals surface area contributed by atoms with E-state index >= 15 is 0 Å². The molecular weight excluding hydrogens is 440 g/mol. The maximum Gasteiger partial charge on any atom is 0.341 e. The first kappa shape index (κ1) is 22.7. The number of sulfonamides is 1. The van der Waals surface area contributed by atoms with Crippen molar-refractivity contribution in [3.05, 3.63) is 88.3 Å². The molecule has 2 aromatic carbocycles. The van der Waals surface area contributed by atoms with Crippen molar-refractivity contribution in [3.8, 4) is 0 Å². The van der Waals surface area contributed by atoms with Gasteiger partial charge in [0.1, 0.15) is 17.2 Å². The van der Waals surface area contributed by atoms with Gasteiger partial charge in [0, 0.05) is 24.3 Å². The lowest BCUT2D eigenvalue weighted by atomic mass is 10.2. The predicted molar refractivity (Wildman–Crippen MR) is 118 cm³/mol. The number of halogens is 1. The molecule has 3 aromatic rings. The smallest absolute Gasteiger partial charge is 0.341 e. The molecule has 0 unspecified atom stereocenters. The number of nitrogens with one attached hydrogen (secondary N) is 1. The molecular formula is C21H21ClN4O4S. The summed E-state index contributed by atoms with van der Waals surface area (Å²) >= 11 is 5.89. The van der Waals surface area contributed by atoms with Gasteiger partial charge in [-0.3, -0.25) is 0 Å². The molecule has 8 nitrogen and oxygen atoms in total. The van der Waals surface area contributed by atoms with E-state index in [2.05, 4.69) is 15.3 Å². The Bertz CT molecular complexity index is 1160. The van der Waals surface area contributed by atoms with E-state index in [9.17, 15) is 18.3 Å². The zero-order valence-corrected chi connectivity index (χ0v) is 18.3. The molecule has 0 aliphatic carbocycles. The lowest BCUT2D eigenvalue weighted by Gasteiger charge is -2.20. The normalized spacial score (nSPS) is 11.5. The quantitative estimate of drug-likeness (QED) is 0.503. The molecule has 0 saturated heterocycles. The van der Waals surface area contributed by atoms with Gasteiger partial charge in [0.05, 0.1) is 12.8 Å². The van der Waals surface area contributed by atoms with Crippen LogP contribution in [0.1, 0.15) is 27.3 Å². The minimum Gasteiger partial charge on any atom is -0.477 e. The van der Waals surface area contributed by atoms with E-state index in [0.717, 1.165) is 17.4 Å². The molecule has 0 aliphatic heterocycles. The zero-order valence-electron chi connectivity index (χ0n) is 16.7. The third-order valence-electron chi connectivity index (χ3n) is 4.43. The third kappa shape index (κ3) is 6.48. The largest absolute Gasteiger partial charge is 0.477 e. The minimum absolute atomic E-state index is 0.0942. The van der Waals surface area contributed by atoms with Crippen molar-refractivity contribution in [2.75, 3.05) is 11.6 Å². The summed E-state index contributed by atoms with van der Waals surface area (Å²) in [5, 5.41) is 13.0. The zero-order chi connectivity index (χ0) is 22.4. The monoisotopic (exact) mass is 460 g/mol. The molecule has 0 fully saturated rings. The van der Waals surface area contributed by atoms with E-state index in [1.807, 2.05) is 30.3 Å². The van der Waals surface area contributed by atoms with Crippen LogP contribution in [0.3, 0.4) is 0 Å². The molecule has 0 aliphatic rings. The van der Waals surface area contributed by atoms with Gasteiger partial charge in [-0.2, -0.15) is 4.31 Å². The molecule has 1 heterocycles. The summed E-state index contributed by atoms with van der Waals surface area (Å²) in [6.07, 6.45) is 2.28. The fourth-order valence-corrected chi connectivity index (χ4v) is 3.67. The van der Waals surface area contributed by atoms with E-state index in [4.69, 9.17) is 11.6 Å². The van der Waals surface area contributed by atoms with Crippen LogP contribution in [0.2, 0.25) is 5.02 Å². The van der Waals surface area contributed by atoms with Gasteiger partial charge in [-0.15, -0.1) is 0 Å². The number of nitrogens with zero attached hydrogens (tertiary/aromatic N) is 3. The highest BCUT2D eigenvalue weighted by atomic mass is 35.5. The van der Waals surface area contributed by atoms with Gasteiger partial charge < -0.3 is 10.4 Å². The number of hydrogen-bond acceptors (Lipinski definition) is 6. The molecule has 0 spiro atoms. The van der Waals surface area contributed by atoms with Crippen LogP contribution in [-0.4, -0.2) is 40.0 Å². The molecule has 162 valence electrons. The summed E-state index contributed by atoms with van der Waals surface area (Å²) in [6.45, 7) is 0.354. The van der Waals surface area contributed by atoms with Crippen LogP contribution in [0.25, 0.3) is 0 Å². The SMILES string of the molecule is CS(=O)(=O)N(Cc1ccc(Cl)cc1)Cc1ncc(C(=O)O)c(NCc2ccccc2)n1. The van der Waals surface area contributed by atoms with Gasteiger partial charge in [-0.05, 0) is 23.3 Å². The van der Waals surface area contributed by atoms with E-state index in [1.165, 1.54) is 10.5 Å². The lowest BCUT2D eigenvalue weighted by molar-refractivity contribution is 0.0697. The number of aromatic nitrogens is 2. The summed E-state index contributed by atoms with van der Waals surface area (Å²) in [5.74, 6) is -0.871. The van der Waals surface area contributed by atoms with E-state index in [1.54, 1.807) is 24.3 Å². The van der Waals surface area contributed by atoms with Crippen LogP contribution >= 0.6 is 11.6 Å². The van der Waals surface area contributed by atoms with Crippen LogP contribution in [-0.2, 0) is 29.7 Å². The van der Waals surface area contributed by atoms with Crippen LogP contribution in [0, 0.1) is 0 Å². The molecule has 2 N–H and O–H groups in total. The molecule has 0 atom stereocenters. The number of rotatable bonds is 9. The topological polar surface area (TPSA) is 112 Å². The van der Waals surface area contributed by atoms with Gasteiger partial charge in [0.15, 0.2) is 0 Å². The van der Waals surface area contributed by atoms with E-state index in [-0.39, 0.29) is 30.3 Å². The summed E-state index contributed by atoms with van der Waals surface area (Å²) in [4.78, 5) is 19.9. The van der Waals surface area contributed by atoms with Gasteiger partial charge in [0.25, 0.3) is 0 Å². The number of carboxylic acid groups (broad SMARTS) is 1. The first-order chi connectivity index (χ1) is 14.7. The highest BCUT2D eigenvalue weighted by Crippen LogP contribution is 2.18. The predicted octanol–water partition coefficient (Wildman–Crippen LogP) is 3.40. The third-order valence-corrected chi connectivity index (χ3v) is 5.88. The highest BCUT2D eigenvalue weighted by molar-refractivity contribution is 7.88. The van der Waals surface area contributed by atoms with Crippen molar-refractivity contribution >= 4 is 33.4 Å². The summed E-state index contributed by atoms with van der Waals surface area (Å²) < 4.78 is 25.8. The number of anilines is 1. The van der Waals surface area contributed by atoms with Crippen molar-refractivity contribution in [1.29, 1.82) is 0 Å². The Hall–Kier alpha value is -3.01. The fourth-order valence-electron chi connectivity index (χ4n) is 2.81. The minimum atomic E-state index is -3.58. The second-order valence-corrected chi connectivity index (χ2v) is 9.27. The van der Waals surface area contributed by atoms with Crippen molar-refractivity contribution < 1.29 is 18.3 Å². The Kier molecular flexibility index (Phi) is 7.21. The van der Waals surface area contributed by atoms with E-state index < -0.39 is 16.0 Å². The number of aromatic carboxylic acids is 1. The Labute approximate surface area is 185 Å². The molecule has 3 rings (SSSR count). The van der Waals surface area contributed by atoms with Crippen LogP contribution in [0.15, 0.2) is 60.8 Å². The molecule has 0 amide bonds. The molecule has 31 heavy (non-hydrogen) atoms. The molecule has 0 radical (unpaired) electrons. The first-order valence-corrected chi connectivity index (χ1v) is 11.5. The van der Waals surface area contributed by atoms with E-state index in [0.29, 0.717) is 11.6 Å². The van der Waals surface area contributed by atoms with Gasteiger partial charge in [-0.25, -0.2) is 23.2 Å². The van der Waals surface area contributed by atoms with Gasteiger partial charge >= 0.3 is 5.97 Å². The molecule has 10 heteroatoms. The Morgan fingerprint density at radius 2 is 1.74 bits per heavy atom. The summed E-state index contributed by atoms with van der Waals surface area (Å²) in [7, 11) is -3.58. The average molecular weight is 461 g/mol. The maximum absolute atomic E-state index is 12.3. The molecule has 0 bridgehead atoms. The standard InChI is InChI=1S/C21H21ClN4O4S/c1-31(29,30)26(13-16-7-9-17(22)10-8-16)14-19-23-12-18(21(27)28)20(25-19)24-11-15-5-3-2-4-6-15/h2-10,12H,11,13-14H2,1H3,(H,27,28)(H,23,24,25). The molecule has 0 saturated carbocycles. The number of hydrogen-bond donors (Lipinski definition) is 2. The summed E-state index contributed by atoms with van der Waals surface area (Å²) in [6, 6.07) is 16.3. The van der Waals surface area contributed by atoms with Crippen molar-refractivity contribution in [2.24, 2.45) is 0 Å². The van der Waals surface area contributed by atoms with Crippen molar-refractivity contribution in [2.45, 2.75) is 19.6 Å². The Morgan fingerprint density at radius 1 is 1.06 bits per heavy atom. The van der Waals surface area contributed by atoms with Crippen LogP contribution in [0.4, 0.5) is 5.82 Å². The van der Waals surface area contributed by atoms with Gasteiger partial charge in [0.2, 0.25) is 10.0 Å². The summed E-state index contributed by atoms with van der Waals surface area (Å²) in [5.41, 5.74) is 1.60. The van der Waals surface area contributed by atoms with Gasteiger partial charge in [-0.1, -0.05) is 54.1 Å². The Morgan fingerprint density at radius 3 is 2.35 bits per heavy atom. The average Bonchev–Trinajstić information content (AvgIpc) is 2.73. The Balaban J connectivity index is 1.83. The second-order valence-electron chi connectivity index (χ2n) is 6.85. The number of benzene rings is 2. The molecule has 1 aromatic heterocycles. The number of carbonyl (C=O) groups is 1. The second kappa shape index (κ2) is 9.86. The lowest BCUT2D eigenvalue weighted by Crippen LogP contribution is -2.30. The van der Waals surface area contributed by atoms with Crippen molar-refractivity contribution in [3.63, 3.8) is 0 Å². The number of carboxylic acids is 1. The van der Waals surface area contributed by atoms with Crippen molar-refractivity contribution in [1.82, 2.24) is 14.3 Å². The first-order valence-electron chi connectivity index (χ1n) is 9.29. The highest BCUT2D eigenvalue weighted by Gasteiger charge is 2.21. The van der Waals surface area contributed by atoms with Crippen LogP contribution < -0.4 is 5.32 Å². The maximum atomic E-state index is 12.3. The fraction of sp³-hybridized carbons (Fsp3) is 0.190.